The topological polar surface area (TPSA) is 46.6 Å². The molecule has 8 heteroatoms. The van der Waals surface area contributed by atoms with Gasteiger partial charge in [0.15, 0.2) is 0 Å². The van der Waals surface area contributed by atoms with Crippen molar-refractivity contribution in [3.63, 3.8) is 0 Å². The van der Waals surface area contributed by atoms with Crippen molar-refractivity contribution in [2.75, 3.05) is 6.54 Å². The molecule has 0 aromatic heterocycles. The molecule has 1 heterocycles. The highest BCUT2D eigenvalue weighted by Crippen LogP contribution is 2.59. The van der Waals surface area contributed by atoms with Crippen molar-refractivity contribution in [1.29, 1.82) is 0 Å². The van der Waals surface area contributed by atoms with Crippen molar-refractivity contribution in [2.45, 2.75) is 44.3 Å². The van der Waals surface area contributed by atoms with Gasteiger partial charge in [-0.25, -0.2) is 9.18 Å². The zero-order valence-corrected chi connectivity index (χ0v) is 13.3. The summed E-state index contributed by atoms with van der Waals surface area (Å²) in [5.41, 5.74) is -1.77. The van der Waals surface area contributed by atoms with E-state index in [0.717, 1.165) is 0 Å². The lowest BCUT2D eigenvalue weighted by molar-refractivity contribution is -0.200. The quantitative estimate of drug-likeness (QED) is 0.613. The van der Waals surface area contributed by atoms with Gasteiger partial charge in [-0.05, 0) is 18.4 Å². The molecule has 1 saturated heterocycles. The Morgan fingerprint density at radius 2 is 1.84 bits per heavy atom. The zero-order chi connectivity index (χ0) is 18.2. The number of carbonyl (C=O) groups is 2. The average molecular weight is 359 g/mol. The molecule has 1 aliphatic heterocycles. The number of nitrogens with zero attached hydrogens (tertiary/aromatic N) is 1. The van der Waals surface area contributed by atoms with Gasteiger partial charge in [-0.2, -0.15) is 13.2 Å². The van der Waals surface area contributed by atoms with Gasteiger partial charge in [0.2, 0.25) is 5.91 Å². The van der Waals surface area contributed by atoms with Crippen LogP contribution in [0, 0.1) is 5.41 Å². The number of carbonyl (C=O) groups excluding carboxylic acids is 2. The Kier molecular flexibility index (Phi) is 4.47. The molecule has 0 unspecified atom stereocenters. The average Bonchev–Trinajstić information content (AvgIpc) is 3.30. The predicted molar refractivity (Wildman–Crippen MR) is 79.0 cm³/mol. The lowest BCUT2D eigenvalue weighted by Gasteiger charge is -2.28. The summed E-state index contributed by atoms with van der Waals surface area (Å²) in [5.74, 6) is -2.10. The van der Waals surface area contributed by atoms with Gasteiger partial charge in [-0.1, -0.05) is 30.3 Å². The molecule has 0 spiro atoms. The predicted octanol–water partition coefficient (Wildman–Crippen LogP) is 3.01. The first-order chi connectivity index (χ1) is 11.7. The van der Waals surface area contributed by atoms with E-state index in [0.29, 0.717) is 10.5 Å². The molecule has 0 radical (unpaired) electrons. The highest BCUT2D eigenvalue weighted by molar-refractivity contribution is 5.91. The van der Waals surface area contributed by atoms with Crippen LogP contribution in [0.4, 0.5) is 17.6 Å². The molecule has 2 atom stereocenters. The van der Waals surface area contributed by atoms with E-state index >= 15 is 0 Å². The first-order valence-corrected chi connectivity index (χ1v) is 7.97. The summed E-state index contributed by atoms with van der Waals surface area (Å²) in [6.45, 7) is -0.596. The standard InChI is InChI=1S/C17H17F4NO3/c18-12-8-13(14(23)25-10-11-4-2-1-3-5-11)22(9-12)15(24)16(6-7-16)17(19,20)21/h1-5,12-13H,6-10H2/t12-,13+/m1/s1. The van der Waals surface area contributed by atoms with Gasteiger partial charge in [0, 0.05) is 6.42 Å². The minimum Gasteiger partial charge on any atom is -0.459 e. The molecule has 2 aliphatic rings. The summed E-state index contributed by atoms with van der Waals surface area (Å²) < 4.78 is 58.2. The second kappa shape index (κ2) is 6.31. The number of hydrogen-bond acceptors (Lipinski definition) is 3. The summed E-state index contributed by atoms with van der Waals surface area (Å²) in [4.78, 5) is 25.3. The lowest BCUT2D eigenvalue weighted by atomic mass is 10.0. The smallest absolute Gasteiger partial charge is 0.403 e. The molecule has 0 N–H and O–H groups in total. The van der Waals surface area contributed by atoms with Crippen LogP contribution in [0.25, 0.3) is 0 Å². The molecule has 1 amide bonds. The molecule has 25 heavy (non-hydrogen) atoms. The summed E-state index contributed by atoms with van der Waals surface area (Å²) in [6, 6.07) is 7.38. The third-order valence-corrected chi connectivity index (χ3v) is 4.71. The number of rotatable bonds is 4. The molecule has 3 rings (SSSR count). The number of esters is 1. The van der Waals surface area contributed by atoms with E-state index < -0.39 is 42.2 Å². The Hall–Kier alpha value is -2.12. The van der Waals surface area contributed by atoms with Crippen LogP contribution in [-0.2, 0) is 20.9 Å². The number of likely N-dealkylation sites (tertiary alicyclic amines) is 1. The second-order valence-electron chi connectivity index (χ2n) is 6.48. The number of benzene rings is 1. The summed E-state index contributed by atoms with van der Waals surface area (Å²) in [5, 5.41) is 0. The minimum atomic E-state index is -4.70. The third kappa shape index (κ3) is 3.34. The molecule has 1 aromatic rings. The molecule has 1 aliphatic carbocycles. The number of amides is 1. The first kappa shape index (κ1) is 17.7. The number of hydrogen-bond donors (Lipinski definition) is 0. The van der Waals surface area contributed by atoms with E-state index in [4.69, 9.17) is 4.74 Å². The van der Waals surface area contributed by atoms with Gasteiger partial charge >= 0.3 is 12.1 Å². The number of halogens is 4. The zero-order valence-electron chi connectivity index (χ0n) is 13.3. The fourth-order valence-corrected chi connectivity index (χ4v) is 3.08. The summed E-state index contributed by atoms with van der Waals surface area (Å²) in [7, 11) is 0. The first-order valence-electron chi connectivity index (χ1n) is 7.97. The van der Waals surface area contributed by atoms with Gasteiger partial charge < -0.3 is 9.64 Å². The van der Waals surface area contributed by atoms with E-state index in [-0.39, 0.29) is 25.9 Å². The summed E-state index contributed by atoms with van der Waals surface area (Å²) >= 11 is 0. The fourth-order valence-electron chi connectivity index (χ4n) is 3.08. The molecular formula is C17H17F4NO3. The van der Waals surface area contributed by atoms with Crippen LogP contribution in [0.2, 0.25) is 0 Å². The molecule has 1 saturated carbocycles. The van der Waals surface area contributed by atoms with Crippen LogP contribution in [0.1, 0.15) is 24.8 Å². The van der Waals surface area contributed by atoms with Crippen molar-refractivity contribution in [3.8, 4) is 0 Å². The highest BCUT2D eigenvalue weighted by atomic mass is 19.4. The number of ether oxygens (including phenoxy) is 1. The van der Waals surface area contributed by atoms with E-state index in [1.807, 2.05) is 0 Å². The Labute approximate surface area is 141 Å². The maximum atomic E-state index is 13.7. The Balaban J connectivity index is 1.69. The van der Waals surface area contributed by atoms with E-state index in [2.05, 4.69) is 0 Å². The van der Waals surface area contributed by atoms with Crippen LogP contribution >= 0.6 is 0 Å². The van der Waals surface area contributed by atoms with Crippen molar-refractivity contribution in [3.05, 3.63) is 35.9 Å². The fraction of sp³-hybridized carbons (Fsp3) is 0.529. The second-order valence-corrected chi connectivity index (χ2v) is 6.48. The van der Waals surface area contributed by atoms with Crippen molar-refractivity contribution >= 4 is 11.9 Å². The van der Waals surface area contributed by atoms with E-state index in [1.165, 1.54) is 0 Å². The van der Waals surface area contributed by atoms with Crippen LogP contribution < -0.4 is 0 Å². The Bertz CT molecular complexity index is 658. The van der Waals surface area contributed by atoms with Gasteiger partial charge in [0.25, 0.3) is 0 Å². The van der Waals surface area contributed by atoms with Gasteiger partial charge in [0.1, 0.15) is 24.2 Å². The Morgan fingerprint density at radius 3 is 2.40 bits per heavy atom. The maximum Gasteiger partial charge on any atom is 0.403 e. The van der Waals surface area contributed by atoms with Crippen LogP contribution in [0.5, 0.6) is 0 Å². The van der Waals surface area contributed by atoms with Gasteiger partial charge in [-0.15, -0.1) is 0 Å². The monoisotopic (exact) mass is 359 g/mol. The largest absolute Gasteiger partial charge is 0.459 e. The van der Waals surface area contributed by atoms with Gasteiger partial charge in [0.05, 0.1) is 6.54 Å². The molecule has 0 bridgehead atoms. The third-order valence-electron chi connectivity index (χ3n) is 4.71. The molecule has 4 nitrogen and oxygen atoms in total. The number of alkyl halides is 4. The molecule has 2 fully saturated rings. The molecular weight excluding hydrogens is 342 g/mol. The summed E-state index contributed by atoms with van der Waals surface area (Å²) in [6.07, 6.45) is -7.23. The van der Waals surface area contributed by atoms with Crippen molar-refractivity contribution in [1.82, 2.24) is 4.90 Å². The van der Waals surface area contributed by atoms with E-state index in [9.17, 15) is 27.2 Å². The van der Waals surface area contributed by atoms with E-state index in [1.54, 1.807) is 30.3 Å². The van der Waals surface area contributed by atoms with Crippen LogP contribution in [-0.4, -0.2) is 41.7 Å². The van der Waals surface area contributed by atoms with Crippen molar-refractivity contribution < 1.29 is 31.9 Å². The minimum absolute atomic E-state index is 0.0838. The van der Waals surface area contributed by atoms with Crippen LogP contribution in [0.15, 0.2) is 30.3 Å². The van der Waals surface area contributed by atoms with Crippen LogP contribution in [0.3, 0.4) is 0 Å². The highest BCUT2D eigenvalue weighted by Gasteiger charge is 2.70. The lowest BCUT2D eigenvalue weighted by Crippen LogP contribution is -2.49. The SMILES string of the molecule is O=C(OCc1ccccc1)[C@@H]1C[C@@H](F)CN1C(=O)C1(C(F)(F)F)CC1. The maximum absolute atomic E-state index is 13.7. The van der Waals surface area contributed by atoms with Gasteiger partial charge in [-0.3, -0.25) is 4.79 Å². The van der Waals surface area contributed by atoms with Crippen molar-refractivity contribution in [2.24, 2.45) is 5.41 Å². The molecule has 1 aromatic carbocycles. The normalized spacial score (nSPS) is 24.9. The molecule has 136 valence electrons. The Morgan fingerprint density at radius 1 is 1.20 bits per heavy atom.